The highest BCUT2D eigenvalue weighted by Gasteiger charge is 2.20. The molecule has 198 valence electrons. The van der Waals surface area contributed by atoms with Crippen molar-refractivity contribution < 1.29 is 4.74 Å². The Bertz CT molecular complexity index is 1330. The van der Waals surface area contributed by atoms with Crippen molar-refractivity contribution in [3.8, 4) is 16.4 Å². The number of pyridine rings is 1. The first-order valence-corrected chi connectivity index (χ1v) is 13.9. The van der Waals surface area contributed by atoms with E-state index in [0.717, 1.165) is 85.9 Å². The Kier molecular flexibility index (Phi) is 7.54. The van der Waals surface area contributed by atoms with Crippen LogP contribution in [0, 0.1) is 0 Å². The number of hydrogen-bond donors (Lipinski definition) is 3. The average Bonchev–Trinajstić information content (AvgIpc) is 3.61. The molecule has 6 rings (SSSR count). The first-order valence-electron chi connectivity index (χ1n) is 13.1. The summed E-state index contributed by atoms with van der Waals surface area (Å²) in [6, 6.07) is 14.7. The minimum atomic E-state index is 0.314. The monoisotopic (exact) mass is 532 g/mol. The van der Waals surface area contributed by atoms with Gasteiger partial charge in [0.2, 0.25) is 5.82 Å². The van der Waals surface area contributed by atoms with Crippen molar-refractivity contribution in [2.75, 3.05) is 36.9 Å². The van der Waals surface area contributed by atoms with Crippen molar-refractivity contribution in [3.63, 3.8) is 0 Å². The number of anilines is 3. The van der Waals surface area contributed by atoms with Gasteiger partial charge in [-0.2, -0.15) is 0 Å². The molecule has 2 fully saturated rings. The van der Waals surface area contributed by atoms with Crippen LogP contribution in [0.4, 0.5) is 16.8 Å². The molecule has 1 saturated heterocycles. The Labute approximate surface area is 225 Å². The van der Waals surface area contributed by atoms with Gasteiger partial charge in [0, 0.05) is 31.7 Å². The van der Waals surface area contributed by atoms with Crippen LogP contribution >= 0.6 is 11.3 Å². The fourth-order valence-electron chi connectivity index (χ4n) is 4.84. The van der Waals surface area contributed by atoms with E-state index in [2.05, 4.69) is 48.1 Å². The van der Waals surface area contributed by atoms with E-state index < -0.39 is 0 Å². The number of nitrogens with one attached hydrogen (secondary N) is 2. The van der Waals surface area contributed by atoms with Gasteiger partial charge in [-0.1, -0.05) is 29.5 Å². The van der Waals surface area contributed by atoms with Gasteiger partial charge in [0.05, 0.1) is 30.0 Å². The summed E-state index contributed by atoms with van der Waals surface area (Å²) in [5.41, 5.74) is 8.17. The summed E-state index contributed by atoms with van der Waals surface area (Å²) in [5, 5.41) is 20.7. The summed E-state index contributed by atoms with van der Waals surface area (Å²) in [6.07, 6.45) is 5.97. The molecule has 1 aromatic carbocycles. The maximum atomic E-state index is 6.11. The van der Waals surface area contributed by atoms with Gasteiger partial charge in [0.1, 0.15) is 11.6 Å². The predicted molar refractivity (Wildman–Crippen MR) is 148 cm³/mol. The van der Waals surface area contributed by atoms with Crippen molar-refractivity contribution in [1.29, 1.82) is 0 Å². The predicted octanol–water partition coefficient (Wildman–Crippen LogP) is 3.44. The number of tetrazole rings is 1. The summed E-state index contributed by atoms with van der Waals surface area (Å²) >= 11 is 1.47. The smallest absolute Gasteiger partial charge is 0.216 e. The summed E-state index contributed by atoms with van der Waals surface area (Å²) in [6.45, 7) is 4.25. The first-order chi connectivity index (χ1) is 18.7. The highest BCUT2D eigenvalue weighted by Crippen LogP contribution is 2.29. The second-order valence-electron chi connectivity index (χ2n) is 9.78. The maximum Gasteiger partial charge on any atom is 0.216 e. The number of morpholine rings is 1. The van der Waals surface area contributed by atoms with Crippen LogP contribution in [-0.4, -0.2) is 73.5 Å². The Morgan fingerprint density at radius 3 is 2.63 bits per heavy atom. The number of ether oxygens (including phenoxy) is 1. The molecule has 1 aliphatic carbocycles. The van der Waals surface area contributed by atoms with Crippen molar-refractivity contribution in [1.82, 2.24) is 35.1 Å². The van der Waals surface area contributed by atoms with Crippen LogP contribution in [0.3, 0.4) is 0 Å². The van der Waals surface area contributed by atoms with E-state index in [1.807, 2.05) is 30.3 Å². The highest BCUT2D eigenvalue weighted by molar-refractivity contribution is 7.18. The molecule has 0 bridgehead atoms. The molecule has 0 amide bonds. The molecular weight excluding hydrogens is 500 g/mol. The van der Waals surface area contributed by atoms with E-state index >= 15 is 0 Å². The number of hydrogen-bond acceptors (Lipinski definition) is 11. The summed E-state index contributed by atoms with van der Waals surface area (Å²) in [5.74, 6) is 2.17. The third-order valence-corrected chi connectivity index (χ3v) is 7.79. The molecule has 12 heteroatoms. The van der Waals surface area contributed by atoms with E-state index in [4.69, 9.17) is 15.5 Å². The summed E-state index contributed by atoms with van der Waals surface area (Å²) in [7, 11) is 0. The van der Waals surface area contributed by atoms with E-state index in [1.165, 1.54) is 21.7 Å². The molecule has 0 atom stereocenters. The second kappa shape index (κ2) is 11.5. The third kappa shape index (κ3) is 6.16. The second-order valence-corrected chi connectivity index (χ2v) is 10.8. The molecule has 1 aliphatic heterocycles. The SMILES string of the molecule is NC1CCC(Nc2cc(CN3CCOCC3)cc(Nc3ncc(-c4nnn(-c5ccccc5)n4)s3)n2)CC1. The number of thiazole rings is 1. The first kappa shape index (κ1) is 24.9. The van der Waals surface area contributed by atoms with Crippen LogP contribution in [0.5, 0.6) is 0 Å². The number of benzene rings is 1. The zero-order chi connectivity index (χ0) is 25.7. The highest BCUT2D eigenvalue weighted by atomic mass is 32.1. The number of rotatable bonds is 8. The lowest BCUT2D eigenvalue weighted by Gasteiger charge is -2.28. The van der Waals surface area contributed by atoms with Gasteiger partial charge in [-0.05, 0) is 60.7 Å². The van der Waals surface area contributed by atoms with Crippen LogP contribution in [0.15, 0.2) is 48.7 Å². The Hall–Kier alpha value is -3.45. The number of nitrogens with two attached hydrogens (primary N) is 1. The molecule has 3 aromatic heterocycles. The molecule has 0 spiro atoms. The van der Waals surface area contributed by atoms with E-state index in [-0.39, 0.29) is 0 Å². The quantitative estimate of drug-likeness (QED) is 0.310. The molecule has 0 unspecified atom stereocenters. The zero-order valence-corrected chi connectivity index (χ0v) is 22.0. The lowest BCUT2D eigenvalue weighted by atomic mass is 9.92. The molecular formula is C26H32N10OS. The summed E-state index contributed by atoms with van der Waals surface area (Å²) < 4.78 is 5.53. The van der Waals surface area contributed by atoms with Crippen LogP contribution in [-0.2, 0) is 11.3 Å². The standard InChI is InChI=1S/C26H32N10OS/c27-19-6-8-20(9-7-19)29-23-14-18(17-35-10-12-37-13-11-35)15-24(30-23)31-26-28-16-22(38-26)25-32-34-36(33-25)21-4-2-1-3-5-21/h1-5,14-16,19-20H,6-13,17,27H2,(H2,28,29,30,31). The van der Waals surface area contributed by atoms with Crippen molar-refractivity contribution in [3.05, 3.63) is 54.2 Å². The van der Waals surface area contributed by atoms with Crippen molar-refractivity contribution in [2.24, 2.45) is 5.73 Å². The molecule has 38 heavy (non-hydrogen) atoms. The van der Waals surface area contributed by atoms with Crippen LogP contribution in [0.2, 0.25) is 0 Å². The van der Waals surface area contributed by atoms with Gasteiger partial charge in [0.15, 0.2) is 5.13 Å². The lowest BCUT2D eigenvalue weighted by molar-refractivity contribution is 0.0342. The Balaban J connectivity index is 1.19. The molecule has 0 radical (unpaired) electrons. The van der Waals surface area contributed by atoms with Gasteiger partial charge < -0.3 is 21.1 Å². The van der Waals surface area contributed by atoms with Gasteiger partial charge >= 0.3 is 0 Å². The molecule has 4 heterocycles. The van der Waals surface area contributed by atoms with Gasteiger partial charge in [-0.25, -0.2) is 9.97 Å². The number of aromatic nitrogens is 6. The van der Waals surface area contributed by atoms with Gasteiger partial charge in [-0.3, -0.25) is 4.90 Å². The molecule has 11 nitrogen and oxygen atoms in total. The van der Waals surface area contributed by atoms with Crippen LogP contribution in [0.25, 0.3) is 16.4 Å². The number of nitrogens with zero attached hydrogens (tertiary/aromatic N) is 7. The third-order valence-electron chi connectivity index (χ3n) is 6.88. The molecule has 1 saturated carbocycles. The Morgan fingerprint density at radius 1 is 1.03 bits per heavy atom. The summed E-state index contributed by atoms with van der Waals surface area (Å²) in [4.78, 5) is 14.2. The van der Waals surface area contributed by atoms with Crippen LogP contribution in [0.1, 0.15) is 31.2 Å². The van der Waals surface area contributed by atoms with Crippen LogP contribution < -0.4 is 16.4 Å². The van der Waals surface area contributed by atoms with E-state index in [0.29, 0.717) is 17.9 Å². The topological polar surface area (TPSA) is 132 Å². The van der Waals surface area contributed by atoms with Crippen molar-refractivity contribution in [2.45, 2.75) is 44.3 Å². The van der Waals surface area contributed by atoms with Gasteiger partial charge in [0.25, 0.3) is 0 Å². The largest absolute Gasteiger partial charge is 0.379 e. The fraction of sp³-hybridized carbons (Fsp3) is 0.423. The molecule has 4 N–H and O–H groups in total. The minimum Gasteiger partial charge on any atom is -0.379 e. The zero-order valence-electron chi connectivity index (χ0n) is 21.2. The molecule has 4 aromatic rings. The number of para-hydroxylation sites is 1. The lowest BCUT2D eigenvalue weighted by Crippen LogP contribution is -2.35. The van der Waals surface area contributed by atoms with E-state index in [1.54, 1.807) is 6.20 Å². The Morgan fingerprint density at radius 2 is 1.82 bits per heavy atom. The maximum absolute atomic E-state index is 6.11. The average molecular weight is 533 g/mol. The van der Waals surface area contributed by atoms with Crippen molar-refractivity contribution >= 4 is 28.1 Å². The van der Waals surface area contributed by atoms with E-state index in [9.17, 15) is 0 Å². The van der Waals surface area contributed by atoms with Gasteiger partial charge in [-0.15, -0.1) is 15.0 Å². The fourth-order valence-corrected chi connectivity index (χ4v) is 5.58. The normalized spacial score (nSPS) is 20.3. The molecule has 2 aliphatic rings. The minimum absolute atomic E-state index is 0.314.